The standard InChI is InChI=1S/C22H24FN5O2/c1-14(17-11-19(30-3)20(23)26-12-17)28-8-6-16-5-4-15(10-18(16)21(28)29)13-27-9-7-25-22(27)24-2/h4-5,7,9-12,14H,6,8,13H2,1-3H3,(H,24,25). The molecule has 2 aromatic heterocycles. The molecule has 3 heterocycles. The molecule has 1 aliphatic heterocycles. The van der Waals surface area contributed by atoms with Crippen molar-refractivity contribution in [2.75, 3.05) is 26.0 Å². The fourth-order valence-corrected chi connectivity index (χ4v) is 3.86. The Morgan fingerprint density at radius 2 is 2.13 bits per heavy atom. The second-order valence-electron chi connectivity index (χ2n) is 7.31. The van der Waals surface area contributed by atoms with Gasteiger partial charge < -0.3 is 19.5 Å². The van der Waals surface area contributed by atoms with Crippen molar-refractivity contribution in [3.63, 3.8) is 0 Å². The fourth-order valence-electron chi connectivity index (χ4n) is 3.86. The van der Waals surface area contributed by atoms with Crippen molar-refractivity contribution in [2.45, 2.75) is 25.9 Å². The Bertz CT molecular complexity index is 1080. The average molecular weight is 409 g/mol. The topological polar surface area (TPSA) is 72.3 Å². The average Bonchev–Trinajstić information content (AvgIpc) is 3.21. The summed E-state index contributed by atoms with van der Waals surface area (Å²) < 4.78 is 20.7. The van der Waals surface area contributed by atoms with Gasteiger partial charge in [-0.1, -0.05) is 12.1 Å². The summed E-state index contributed by atoms with van der Waals surface area (Å²) in [5, 5.41) is 3.05. The number of anilines is 1. The van der Waals surface area contributed by atoms with Crippen LogP contribution in [0, 0.1) is 5.95 Å². The summed E-state index contributed by atoms with van der Waals surface area (Å²) in [6.07, 6.45) is 5.87. The number of nitrogens with one attached hydrogen (secondary N) is 1. The smallest absolute Gasteiger partial charge is 0.255 e. The first-order valence-corrected chi connectivity index (χ1v) is 9.83. The van der Waals surface area contributed by atoms with E-state index in [2.05, 4.69) is 21.4 Å². The maximum absolute atomic E-state index is 13.7. The molecule has 0 saturated carbocycles. The number of benzene rings is 1. The molecule has 7 nitrogen and oxygen atoms in total. The summed E-state index contributed by atoms with van der Waals surface area (Å²) >= 11 is 0. The molecule has 4 rings (SSSR count). The van der Waals surface area contributed by atoms with E-state index in [0.717, 1.165) is 29.1 Å². The van der Waals surface area contributed by atoms with E-state index in [0.29, 0.717) is 18.7 Å². The highest BCUT2D eigenvalue weighted by molar-refractivity contribution is 5.97. The third kappa shape index (κ3) is 3.60. The second kappa shape index (κ2) is 8.14. The molecule has 8 heteroatoms. The van der Waals surface area contributed by atoms with Gasteiger partial charge in [0.25, 0.3) is 11.9 Å². The molecule has 0 aliphatic carbocycles. The molecule has 3 aromatic rings. The largest absolute Gasteiger partial charge is 0.492 e. The molecular weight excluding hydrogens is 385 g/mol. The highest BCUT2D eigenvalue weighted by atomic mass is 19.1. The number of fused-ring (bicyclic) bond motifs is 1. The van der Waals surface area contributed by atoms with E-state index < -0.39 is 5.95 Å². The van der Waals surface area contributed by atoms with Crippen LogP contribution >= 0.6 is 0 Å². The first-order chi connectivity index (χ1) is 14.5. The van der Waals surface area contributed by atoms with Crippen molar-refractivity contribution in [3.8, 4) is 5.75 Å². The number of aromatic nitrogens is 3. The monoisotopic (exact) mass is 409 g/mol. The minimum atomic E-state index is -0.658. The highest BCUT2D eigenvalue weighted by Crippen LogP contribution is 2.30. The number of halogens is 1. The van der Waals surface area contributed by atoms with Crippen LogP contribution in [0.1, 0.15) is 40.0 Å². The summed E-state index contributed by atoms with van der Waals surface area (Å²) in [5.74, 6) is 0.154. The Morgan fingerprint density at radius 1 is 1.30 bits per heavy atom. The predicted octanol–water partition coefficient (Wildman–Crippen LogP) is 3.28. The number of rotatable bonds is 6. The van der Waals surface area contributed by atoms with Crippen molar-refractivity contribution in [3.05, 3.63) is 71.1 Å². The summed E-state index contributed by atoms with van der Waals surface area (Å²) in [4.78, 5) is 23.1. The van der Waals surface area contributed by atoms with Crippen LogP contribution < -0.4 is 10.1 Å². The normalized spacial score (nSPS) is 14.4. The molecule has 1 aromatic carbocycles. The zero-order valence-electron chi connectivity index (χ0n) is 17.2. The van der Waals surface area contributed by atoms with E-state index in [-0.39, 0.29) is 17.7 Å². The number of ether oxygens (including phenoxy) is 1. The number of carbonyl (C=O) groups excluding carboxylic acids is 1. The summed E-state index contributed by atoms with van der Waals surface area (Å²) in [6, 6.07) is 7.40. The Morgan fingerprint density at radius 3 is 2.90 bits per heavy atom. The minimum absolute atomic E-state index is 0.0339. The first-order valence-electron chi connectivity index (χ1n) is 9.83. The van der Waals surface area contributed by atoms with Crippen molar-refractivity contribution in [1.29, 1.82) is 0 Å². The van der Waals surface area contributed by atoms with E-state index >= 15 is 0 Å². The molecule has 1 N–H and O–H groups in total. The quantitative estimate of drug-likeness (QED) is 0.633. The van der Waals surface area contributed by atoms with Gasteiger partial charge in [-0.3, -0.25) is 4.79 Å². The molecule has 1 aliphatic rings. The molecule has 156 valence electrons. The van der Waals surface area contributed by atoms with Crippen molar-refractivity contribution < 1.29 is 13.9 Å². The zero-order chi connectivity index (χ0) is 21.3. The maximum atomic E-state index is 13.7. The molecule has 0 radical (unpaired) electrons. The Hall–Kier alpha value is -3.42. The number of imidazole rings is 1. The minimum Gasteiger partial charge on any atom is -0.492 e. The van der Waals surface area contributed by atoms with E-state index in [9.17, 15) is 9.18 Å². The van der Waals surface area contributed by atoms with Crippen molar-refractivity contribution in [1.82, 2.24) is 19.4 Å². The molecule has 0 spiro atoms. The van der Waals surface area contributed by atoms with Gasteiger partial charge in [0.1, 0.15) is 0 Å². The van der Waals surface area contributed by atoms with E-state index in [1.54, 1.807) is 17.2 Å². The van der Waals surface area contributed by atoms with Crippen LogP contribution in [0.5, 0.6) is 5.75 Å². The number of hydrogen-bond donors (Lipinski definition) is 1. The third-order valence-corrected chi connectivity index (χ3v) is 5.58. The van der Waals surface area contributed by atoms with Gasteiger partial charge in [-0.2, -0.15) is 4.39 Å². The lowest BCUT2D eigenvalue weighted by Gasteiger charge is -2.34. The predicted molar refractivity (Wildman–Crippen MR) is 111 cm³/mol. The lowest BCUT2D eigenvalue weighted by Crippen LogP contribution is -2.39. The van der Waals surface area contributed by atoms with Crippen molar-refractivity contribution in [2.24, 2.45) is 0 Å². The van der Waals surface area contributed by atoms with Crippen LogP contribution in [-0.2, 0) is 13.0 Å². The number of amides is 1. The van der Waals surface area contributed by atoms with Crippen molar-refractivity contribution >= 4 is 11.9 Å². The molecule has 0 saturated heterocycles. The van der Waals surface area contributed by atoms with Gasteiger partial charge in [0.05, 0.1) is 19.7 Å². The first kappa shape index (κ1) is 19.9. The van der Waals surface area contributed by atoms with Gasteiger partial charge in [-0.05, 0) is 42.2 Å². The van der Waals surface area contributed by atoms with Crippen LogP contribution in [0.25, 0.3) is 0 Å². The summed E-state index contributed by atoms with van der Waals surface area (Å²) in [7, 11) is 3.23. The lowest BCUT2D eigenvalue weighted by atomic mass is 9.94. The summed E-state index contributed by atoms with van der Waals surface area (Å²) in [6.45, 7) is 3.13. The molecule has 1 unspecified atom stereocenters. The van der Waals surface area contributed by atoms with Gasteiger partial charge in [0.15, 0.2) is 5.75 Å². The van der Waals surface area contributed by atoms with Gasteiger partial charge in [-0.15, -0.1) is 0 Å². The van der Waals surface area contributed by atoms with E-state index in [1.165, 1.54) is 13.3 Å². The second-order valence-corrected chi connectivity index (χ2v) is 7.31. The van der Waals surface area contributed by atoms with Crippen LogP contribution in [-0.4, -0.2) is 46.0 Å². The van der Waals surface area contributed by atoms with Crippen LogP contribution in [0.4, 0.5) is 10.3 Å². The lowest BCUT2D eigenvalue weighted by molar-refractivity contribution is 0.0672. The number of methoxy groups -OCH3 is 1. The van der Waals surface area contributed by atoms with E-state index in [1.807, 2.05) is 36.9 Å². The fraction of sp³-hybridized carbons (Fsp3) is 0.318. The van der Waals surface area contributed by atoms with Crippen LogP contribution in [0.3, 0.4) is 0 Å². The van der Waals surface area contributed by atoms with E-state index in [4.69, 9.17) is 4.74 Å². The zero-order valence-corrected chi connectivity index (χ0v) is 17.2. The highest BCUT2D eigenvalue weighted by Gasteiger charge is 2.29. The molecular formula is C22H24FN5O2. The third-order valence-electron chi connectivity index (χ3n) is 5.58. The number of hydrogen-bond acceptors (Lipinski definition) is 5. The molecule has 0 fully saturated rings. The van der Waals surface area contributed by atoms with Crippen LogP contribution in [0.2, 0.25) is 0 Å². The SMILES string of the molecule is CNc1nccn1Cc1ccc2c(c1)C(=O)N(C(C)c1cnc(F)c(OC)c1)CC2. The Balaban J connectivity index is 1.59. The summed E-state index contributed by atoms with van der Waals surface area (Å²) in [5.41, 5.74) is 3.51. The van der Waals surface area contributed by atoms with Gasteiger partial charge in [0, 0.05) is 37.7 Å². The molecule has 30 heavy (non-hydrogen) atoms. The number of pyridine rings is 1. The number of nitrogens with zero attached hydrogens (tertiary/aromatic N) is 4. The maximum Gasteiger partial charge on any atom is 0.255 e. The Kier molecular flexibility index (Phi) is 5.39. The molecule has 0 bridgehead atoms. The molecule has 1 amide bonds. The Labute approximate surface area is 174 Å². The van der Waals surface area contributed by atoms with Gasteiger partial charge >= 0.3 is 0 Å². The number of carbonyl (C=O) groups is 1. The van der Waals surface area contributed by atoms with Crippen LogP contribution in [0.15, 0.2) is 42.9 Å². The van der Waals surface area contributed by atoms with Gasteiger partial charge in [-0.25, -0.2) is 9.97 Å². The van der Waals surface area contributed by atoms with Gasteiger partial charge in [0.2, 0.25) is 5.95 Å². The molecule has 1 atom stereocenters.